The summed E-state index contributed by atoms with van der Waals surface area (Å²) in [5.74, 6) is 0.600. The van der Waals surface area contributed by atoms with Gasteiger partial charge in [0.05, 0.1) is 0 Å². The average molecular weight is 283 g/mol. The van der Waals surface area contributed by atoms with E-state index in [2.05, 4.69) is 5.32 Å². The number of rotatable bonds is 4. The highest BCUT2D eigenvalue weighted by molar-refractivity contribution is 5.94. The van der Waals surface area contributed by atoms with E-state index in [0.717, 1.165) is 28.1 Å². The van der Waals surface area contributed by atoms with Crippen LogP contribution in [0.4, 0.5) is 5.69 Å². The summed E-state index contributed by atoms with van der Waals surface area (Å²) in [5, 5.41) is 2.87. The second-order valence-corrected chi connectivity index (χ2v) is 5.39. The van der Waals surface area contributed by atoms with E-state index in [1.165, 1.54) is 0 Å². The monoisotopic (exact) mass is 283 g/mol. The van der Waals surface area contributed by atoms with Crippen molar-refractivity contribution in [1.29, 1.82) is 0 Å². The first-order valence-corrected chi connectivity index (χ1v) is 7.07. The Kier molecular flexibility index (Phi) is 4.63. The van der Waals surface area contributed by atoms with Crippen molar-refractivity contribution in [2.75, 3.05) is 5.32 Å². The van der Waals surface area contributed by atoms with Crippen LogP contribution in [0.25, 0.3) is 0 Å². The van der Waals surface area contributed by atoms with Gasteiger partial charge in [0.25, 0.3) is 5.91 Å². The van der Waals surface area contributed by atoms with Gasteiger partial charge in [0.1, 0.15) is 5.75 Å². The minimum absolute atomic E-state index is 0.151. The highest BCUT2D eigenvalue weighted by Crippen LogP contribution is 2.21. The lowest BCUT2D eigenvalue weighted by atomic mass is 10.1. The molecule has 0 aliphatic carbocycles. The second-order valence-electron chi connectivity index (χ2n) is 5.39. The Morgan fingerprint density at radius 2 is 1.76 bits per heavy atom. The number of anilines is 1. The second kappa shape index (κ2) is 6.44. The van der Waals surface area contributed by atoms with Crippen LogP contribution in [0, 0.1) is 20.8 Å². The lowest BCUT2D eigenvalue weighted by Gasteiger charge is -2.17. The molecule has 2 rings (SSSR count). The van der Waals surface area contributed by atoms with E-state index in [9.17, 15) is 4.79 Å². The van der Waals surface area contributed by atoms with Crippen LogP contribution in [0.1, 0.15) is 23.6 Å². The molecule has 0 saturated carbocycles. The summed E-state index contributed by atoms with van der Waals surface area (Å²) in [5.41, 5.74) is 4.03. The molecule has 0 bridgehead atoms. The van der Waals surface area contributed by atoms with Gasteiger partial charge in [-0.15, -0.1) is 0 Å². The van der Waals surface area contributed by atoms with Gasteiger partial charge in [0.15, 0.2) is 6.10 Å². The molecule has 0 spiro atoms. The summed E-state index contributed by atoms with van der Waals surface area (Å²) < 4.78 is 5.78. The van der Waals surface area contributed by atoms with Crippen molar-refractivity contribution in [3.05, 3.63) is 59.2 Å². The van der Waals surface area contributed by atoms with Gasteiger partial charge in [-0.3, -0.25) is 4.79 Å². The van der Waals surface area contributed by atoms with E-state index in [1.54, 1.807) is 6.92 Å². The number of hydrogen-bond acceptors (Lipinski definition) is 2. The van der Waals surface area contributed by atoms with Crippen LogP contribution in [0.2, 0.25) is 0 Å². The normalized spacial score (nSPS) is 11.8. The molecule has 0 aliphatic rings. The minimum Gasteiger partial charge on any atom is -0.481 e. The lowest BCUT2D eigenvalue weighted by Crippen LogP contribution is -2.30. The SMILES string of the molecule is Cc1cccc(NC(=O)C(C)Oc2cc(C)ccc2C)c1. The molecule has 0 radical (unpaired) electrons. The molecule has 1 N–H and O–H groups in total. The van der Waals surface area contributed by atoms with Gasteiger partial charge >= 0.3 is 0 Å². The smallest absolute Gasteiger partial charge is 0.265 e. The Bertz CT molecular complexity index is 649. The van der Waals surface area contributed by atoms with Gasteiger partial charge in [-0.1, -0.05) is 24.3 Å². The van der Waals surface area contributed by atoms with E-state index in [-0.39, 0.29) is 5.91 Å². The van der Waals surface area contributed by atoms with Crippen molar-refractivity contribution in [3.63, 3.8) is 0 Å². The molecule has 1 atom stereocenters. The fourth-order valence-electron chi connectivity index (χ4n) is 2.04. The molecule has 0 aliphatic heterocycles. The molecule has 0 saturated heterocycles. The fourth-order valence-corrected chi connectivity index (χ4v) is 2.04. The van der Waals surface area contributed by atoms with Crippen molar-refractivity contribution in [3.8, 4) is 5.75 Å². The molecular formula is C18H21NO2. The zero-order valence-electron chi connectivity index (χ0n) is 12.9. The summed E-state index contributed by atoms with van der Waals surface area (Å²) in [6.07, 6.45) is -0.550. The van der Waals surface area contributed by atoms with E-state index in [4.69, 9.17) is 4.74 Å². The third kappa shape index (κ3) is 4.09. The average Bonchev–Trinajstić information content (AvgIpc) is 2.43. The van der Waals surface area contributed by atoms with Crippen molar-refractivity contribution in [2.45, 2.75) is 33.8 Å². The number of carbonyl (C=O) groups excluding carboxylic acids is 1. The highest BCUT2D eigenvalue weighted by atomic mass is 16.5. The van der Waals surface area contributed by atoms with E-state index >= 15 is 0 Å². The summed E-state index contributed by atoms with van der Waals surface area (Å²) in [6, 6.07) is 13.7. The molecular weight excluding hydrogens is 262 g/mol. The summed E-state index contributed by atoms with van der Waals surface area (Å²) in [7, 11) is 0. The first kappa shape index (κ1) is 15.1. The number of nitrogens with one attached hydrogen (secondary N) is 1. The highest BCUT2D eigenvalue weighted by Gasteiger charge is 2.16. The number of amides is 1. The minimum atomic E-state index is -0.550. The fraction of sp³-hybridized carbons (Fsp3) is 0.278. The van der Waals surface area contributed by atoms with Crippen LogP contribution in [0.3, 0.4) is 0 Å². The standard InChI is InChI=1S/C18H21NO2/c1-12-6-5-7-16(10-12)19-18(20)15(4)21-17-11-13(2)8-9-14(17)3/h5-11,15H,1-4H3,(H,19,20). The molecule has 3 nitrogen and oxygen atoms in total. The van der Waals surface area contributed by atoms with Gasteiger partial charge in [-0.2, -0.15) is 0 Å². The summed E-state index contributed by atoms with van der Waals surface area (Å²) >= 11 is 0. The predicted molar refractivity (Wildman–Crippen MR) is 85.8 cm³/mol. The Morgan fingerprint density at radius 3 is 2.48 bits per heavy atom. The third-order valence-electron chi connectivity index (χ3n) is 3.30. The Balaban J connectivity index is 2.04. The number of carbonyl (C=O) groups is 1. The van der Waals surface area contributed by atoms with Crippen LogP contribution in [-0.2, 0) is 4.79 Å². The lowest BCUT2D eigenvalue weighted by molar-refractivity contribution is -0.122. The van der Waals surface area contributed by atoms with Crippen LogP contribution in [-0.4, -0.2) is 12.0 Å². The number of ether oxygens (including phenoxy) is 1. The predicted octanol–water partition coefficient (Wildman–Crippen LogP) is 4.02. The third-order valence-corrected chi connectivity index (χ3v) is 3.30. The topological polar surface area (TPSA) is 38.3 Å². The van der Waals surface area contributed by atoms with E-state index in [1.807, 2.05) is 63.2 Å². The van der Waals surface area contributed by atoms with Crippen LogP contribution < -0.4 is 10.1 Å². The zero-order chi connectivity index (χ0) is 15.4. The van der Waals surface area contributed by atoms with E-state index in [0.29, 0.717) is 0 Å². The van der Waals surface area contributed by atoms with Crippen LogP contribution >= 0.6 is 0 Å². The number of benzene rings is 2. The molecule has 110 valence electrons. The van der Waals surface area contributed by atoms with Crippen LogP contribution in [0.5, 0.6) is 5.75 Å². The first-order valence-electron chi connectivity index (χ1n) is 7.07. The number of aryl methyl sites for hydroxylation is 3. The maximum Gasteiger partial charge on any atom is 0.265 e. The van der Waals surface area contributed by atoms with Gasteiger partial charge in [-0.25, -0.2) is 0 Å². The zero-order valence-corrected chi connectivity index (χ0v) is 12.9. The quantitative estimate of drug-likeness (QED) is 0.920. The van der Waals surface area contributed by atoms with Crippen molar-refractivity contribution in [2.24, 2.45) is 0 Å². The summed E-state index contributed by atoms with van der Waals surface area (Å²) in [6.45, 7) is 7.72. The van der Waals surface area contributed by atoms with Crippen molar-refractivity contribution >= 4 is 11.6 Å². The Labute approximate surface area is 126 Å². The summed E-state index contributed by atoms with van der Waals surface area (Å²) in [4.78, 5) is 12.2. The Morgan fingerprint density at radius 1 is 1.05 bits per heavy atom. The molecule has 0 heterocycles. The van der Waals surface area contributed by atoms with E-state index < -0.39 is 6.10 Å². The van der Waals surface area contributed by atoms with Gasteiger partial charge in [-0.05, 0) is 62.6 Å². The molecule has 3 heteroatoms. The molecule has 1 amide bonds. The molecule has 2 aromatic rings. The number of hydrogen-bond donors (Lipinski definition) is 1. The Hall–Kier alpha value is -2.29. The van der Waals surface area contributed by atoms with Gasteiger partial charge < -0.3 is 10.1 Å². The molecule has 21 heavy (non-hydrogen) atoms. The van der Waals surface area contributed by atoms with Gasteiger partial charge in [0, 0.05) is 5.69 Å². The van der Waals surface area contributed by atoms with Crippen LogP contribution in [0.15, 0.2) is 42.5 Å². The van der Waals surface area contributed by atoms with Crippen molar-refractivity contribution < 1.29 is 9.53 Å². The molecule has 1 unspecified atom stereocenters. The van der Waals surface area contributed by atoms with Crippen molar-refractivity contribution in [1.82, 2.24) is 0 Å². The maximum absolute atomic E-state index is 12.2. The largest absolute Gasteiger partial charge is 0.481 e. The molecule has 2 aromatic carbocycles. The molecule has 0 aromatic heterocycles. The maximum atomic E-state index is 12.2. The van der Waals surface area contributed by atoms with Gasteiger partial charge in [0.2, 0.25) is 0 Å². The molecule has 0 fully saturated rings. The first-order chi connectivity index (χ1) is 9.95.